The lowest BCUT2D eigenvalue weighted by molar-refractivity contribution is 0.0950. The van der Waals surface area contributed by atoms with Crippen LogP contribution in [0, 0.1) is 0 Å². The summed E-state index contributed by atoms with van der Waals surface area (Å²) in [5.41, 5.74) is 3.50. The first-order valence-corrected chi connectivity index (χ1v) is 8.74. The number of ether oxygens (including phenoxy) is 2. The summed E-state index contributed by atoms with van der Waals surface area (Å²) in [7, 11) is 0. The number of rotatable bonds is 8. The second-order valence-electron chi connectivity index (χ2n) is 5.80. The number of phenols is 1. The maximum atomic E-state index is 12.4. The van der Waals surface area contributed by atoms with Crippen molar-refractivity contribution in [1.29, 1.82) is 0 Å². The highest BCUT2D eigenvalue weighted by Crippen LogP contribution is 2.18. The Morgan fingerprint density at radius 3 is 2.50 bits per heavy atom. The van der Waals surface area contributed by atoms with Crippen LogP contribution in [-0.4, -0.2) is 30.4 Å². The smallest absolute Gasteiger partial charge is 0.275 e. The van der Waals surface area contributed by atoms with Crippen molar-refractivity contribution in [2.45, 2.75) is 0 Å². The van der Waals surface area contributed by atoms with Gasteiger partial charge in [0.15, 0.2) is 0 Å². The van der Waals surface area contributed by atoms with E-state index in [1.54, 1.807) is 48.5 Å². The van der Waals surface area contributed by atoms with Crippen molar-refractivity contribution < 1.29 is 19.4 Å². The number of nitrogens with one attached hydrogen (secondary N) is 1. The second-order valence-corrected chi connectivity index (χ2v) is 5.80. The Morgan fingerprint density at radius 1 is 0.929 bits per heavy atom. The molecule has 0 aliphatic carbocycles. The van der Waals surface area contributed by atoms with Crippen LogP contribution < -0.4 is 14.9 Å². The van der Waals surface area contributed by atoms with Crippen molar-refractivity contribution in [3.05, 3.63) is 90.0 Å². The summed E-state index contributed by atoms with van der Waals surface area (Å²) in [5.74, 6) is 0.949. The molecule has 0 spiro atoms. The quantitative estimate of drug-likeness (QED) is 0.358. The molecular weight excluding hydrogens is 356 g/mol. The van der Waals surface area contributed by atoms with Gasteiger partial charge in [0.2, 0.25) is 0 Å². The second kappa shape index (κ2) is 9.78. The predicted octanol–water partition coefficient (Wildman–Crippen LogP) is 3.61. The Morgan fingerprint density at radius 2 is 1.68 bits per heavy atom. The fourth-order valence-corrected chi connectivity index (χ4v) is 2.44. The number of hydrogen-bond donors (Lipinski definition) is 2. The normalized spacial score (nSPS) is 10.6. The van der Waals surface area contributed by atoms with Crippen LogP contribution in [0.15, 0.2) is 84.0 Å². The Kier molecular flexibility index (Phi) is 6.62. The fourth-order valence-electron chi connectivity index (χ4n) is 2.44. The van der Waals surface area contributed by atoms with Gasteiger partial charge in [-0.15, -0.1) is 0 Å². The van der Waals surface area contributed by atoms with Gasteiger partial charge in [0, 0.05) is 0 Å². The lowest BCUT2D eigenvalue weighted by Crippen LogP contribution is -2.19. The Bertz CT molecular complexity index is 942. The van der Waals surface area contributed by atoms with E-state index in [-0.39, 0.29) is 5.75 Å². The third-order valence-electron chi connectivity index (χ3n) is 3.73. The van der Waals surface area contributed by atoms with E-state index in [0.717, 1.165) is 5.75 Å². The minimum absolute atomic E-state index is 0.131. The summed E-state index contributed by atoms with van der Waals surface area (Å²) < 4.78 is 11.3. The Hall–Kier alpha value is -3.80. The summed E-state index contributed by atoms with van der Waals surface area (Å²) in [6.45, 7) is 0.654. The SMILES string of the molecule is O=C(N/N=C\c1cccc(O)c1)c1ccccc1OCCOc1ccccc1. The maximum absolute atomic E-state index is 12.4. The standard InChI is InChI=1S/C22H20N2O4/c25-18-8-6-7-17(15-18)16-23-24-22(26)20-11-4-5-12-21(20)28-14-13-27-19-9-2-1-3-10-19/h1-12,15-16,25H,13-14H2,(H,24,26)/b23-16-. The summed E-state index contributed by atoms with van der Waals surface area (Å²) in [5, 5.41) is 13.4. The molecule has 0 saturated heterocycles. The van der Waals surface area contributed by atoms with Gasteiger partial charge in [-0.05, 0) is 42.0 Å². The number of aromatic hydroxyl groups is 1. The van der Waals surface area contributed by atoms with E-state index in [9.17, 15) is 9.90 Å². The summed E-state index contributed by atoms with van der Waals surface area (Å²) in [4.78, 5) is 12.4. The van der Waals surface area contributed by atoms with Crippen LogP contribution in [0.4, 0.5) is 0 Å². The van der Waals surface area contributed by atoms with Crippen molar-refractivity contribution in [2.24, 2.45) is 5.10 Å². The monoisotopic (exact) mass is 376 g/mol. The molecule has 0 fully saturated rings. The minimum Gasteiger partial charge on any atom is -0.508 e. The van der Waals surface area contributed by atoms with Crippen molar-refractivity contribution in [2.75, 3.05) is 13.2 Å². The molecule has 0 unspecified atom stereocenters. The van der Waals surface area contributed by atoms with Gasteiger partial charge in [-0.25, -0.2) is 5.43 Å². The number of amides is 1. The van der Waals surface area contributed by atoms with Gasteiger partial charge < -0.3 is 14.6 Å². The molecule has 6 heteroatoms. The average Bonchev–Trinajstić information content (AvgIpc) is 2.72. The number of carbonyl (C=O) groups is 1. The molecule has 1 amide bonds. The molecule has 142 valence electrons. The topological polar surface area (TPSA) is 80.2 Å². The molecule has 0 aromatic heterocycles. The van der Waals surface area contributed by atoms with Crippen LogP contribution in [0.1, 0.15) is 15.9 Å². The minimum atomic E-state index is -0.393. The van der Waals surface area contributed by atoms with Crippen LogP contribution in [0.5, 0.6) is 17.2 Å². The van der Waals surface area contributed by atoms with E-state index in [0.29, 0.717) is 30.1 Å². The number of hydrogen-bond acceptors (Lipinski definition) is 5. The van der Waals surface area contributed by atoms with Gasteiger partial charge in [0.25, 0.3) is 5.91 Å². The third-order valence-corrected chi connectivity index (χ3v) is 3.73. The van der Waals surface area contributed by atoms with Gasteiger partial charge in [-0.3, -0.25) is 4.79 Å². The third kappa shape index (κ3) is 5.60. The van der Waals surface area contributed by atoms with E-state index in [1.807, 2.05) is 30.3 Å². The van der Waals surface area contributed by atoms with Crippen molar-refractivity contribution in [3.63, 3.8) is 0 Å². The molecule has 0 radical (unpaired) electrons. The van der Waals surface area contributed by atoms with Gasteiger partial charge >= 0.3 is 0 Å². The van der Waals surface area contributed by atoms with Gasteiger partial charge in [0.05, 0.1) is 11.8 Å². The maximum Gasteiger partial charge on any atom is 0.275 e. The molecule has 0 atom stereocenters. The number of nitrogens with zero attached hydrogens (tertiary/aromatic N) is 1. The largest absolute Gasteiger partial charge is 0.508 e. The molecule has 3 aromatic rings. The van der Waals surface area contributed by atoms with Crippen LogP contribution in [0.25, 0.3) is 0 Å². The molecule has 3 aromatic carbocycles. The first kappa shape index (κ1) is 19.0. The van der Waals surface area contributed by atoms with Crippen molar-refractivity contribution in [1.82, 2.24) is 5.43 Å². The number of phenolic OH excluding ortho intramolecular Hbond substituents is 1. The molecule has 0 saturated carbocycles. The number of carbonyl (C=O) groups excluding carboxylic acids is 1. The van der Waals surface area contributed by atoms with E-state index in [2.05, 4.69) is 10.5 Å². The summed E-state index contributed by atoms with van der Waals surface area (Å²) >= 11 is 0. The number of hydrazone groups is 1. The number of benzene rings is 3. The van der Waals surface area contributed by atoms with E-state index in [1.165, 1.54) is 6.21 Å². The molecule has 2 N–H and O–H groups in total. The summed E-state index contributed by atoms with van der Waals surface area (Å²) in [6, 6.07) is 22.9. The van der Waals surface area contributed by atoms with E-state index >= 15 is 0 Å². The average molecular weight is 376 g/mol. The highest BCUT2D eigenvalue weighted by Gasteiger charge is 2.11. The fraction of sp³-hybridized carbons (Fsp3) is 0.0909. The van der Waals surface area contributed by atoms with Gasteiger partial charge in [0.1, 0.15) is 30.5 Å². The zero-order chi connectivity index (χ0) is 19.6. The summed E-state index contributed by atoms with van der Waals surface area (Å²) in [6.07, 6.45) is 1.45. The molecule has 0 bridgehead atoms. The first-order valence-electron chi connectivity index (χ1n) is 8.74. The molecule has 0 aliphatic heterocycles. The molecule has 28 heavy (non-hydrogen) atoms. The zero-order valence-electron chi connectivity index (χ0n) is 15.1. The van der Waals surface area contributed by atoms with Gasteiger partial charge in [-0.1, -0.05) is 42.5 Å². The molecular formula is C22H20N2O4. The highest BCUT2D eigenvalue weighted by molar-refractivity contribution is 5.97. The van der Waals surface area contributed by atoms with E-state index < -0.39 is 5.91 Å². The highest BCUT2D eigenvalue weighted by atomic mass is 16.5. The van der Waals surface area contributed by atoms with Crippen LogP contribution >= 0.6 is 0 Å². The molecule has 3 rings (SSSR count). The zero-order valence-corrected chi connectivity index (χ0v) is 15.1. The van der Waals surface area contributed by atoms with E-state index in [4.69, 9.17) is 9.47 Å². The van der Waals surface area contributed by atoms with Gasteiger partial charge in [-0.2, -0.15) is 5.10 Å². The van der Waals surface area contributed by atoms with Crippen LogP contribution in [0.2, 0.25) is 0 Å². The van der Waals surface area contributed by atoms with Crippen LogP contribution in [-0.2, 0) is 0 Å². The predicted molar refractivity (Wildman–Crippen MR) is 107 cm³/mol. The molecule has 0 aliphatic rings. The Balaban J connectivity index is 1.54. The molecule has 0 heterocycles. The van der Waals surface area contributed by atoms with Crippen molar-refractivity contribution in [3.8, 4) is 17.2 Å². The number of para-hydroxylation sites is 2. The van der Waals surface area contributed by atoms with Crippen LogP contribution in [0.3, 0.4) is 0 Å². The molecule has 6 nitrogen and oxygen atoms in total. The lowest BCUT2D eigenvalue weighted by atomic mass is 10.2. The Labute approximate surface area is 163 Å². The lowest BCUT2D eigenvalue weighted by Gasteiger charge is -2.11. The first-order chi connectivity index (χ1) is 13.7. The van der Waals surface area contributed by atoms with Crippen molar-refractivity contribution >= 4 is 12.1 Å².